The SMILES string of the molecule is C=C/C=C(\C=C)OC.C=CC. The Labute approximate surface area is 69.4 Å². The molecule has 1 heteroatoms. The smallest absolute Gasteiger partial charge is 0.118 e. The van der Waals surface area contributed by atoms with Gasteiger partial charge in [0.1, 0.15) is 5.76 Å². The van der Waals surface area contributed by atoms with Gasteiger partial charge >= 0.3 is 0 Å². The van der Waals surface area contributed by atoms with Gasteiger partial charge in [-0.3, -0.25) is 0 Å². The third-order valence-corrected chi connectivity index (χ3v) is 0.719. The fourth-order valence-electron chi connectivity index (χ4n) is 0.336. The second-order valence-electron chi connectivity index (χ2n) is 1.62. The van der Waals surface area contributed by atoms with Crippen LogP contribution >= 0.6 is 0 Å². The molecule has 0 saturated heterocycles. The minimum Gasteiger partial charge on any atom is -0.497 e. The highest BCUT2D eigenvalue weighted by Crippen LogP contribution is 1.93. The van der Waals surface area contributed by atoms with E-state index in [0.29, 0.717) is 0 Å². The van der Waals surface area contributed by atoms with Crippen LogP contribution in [-0.2, 0) is 4.74 Å². The third-order valence-electron chi connectivity index (χ3n) is 0.719. The zero-order valence-corrected chi connectivity index (χ0v) is 7.34. The van der Waals surface area contributed by atoms with Crippen molar-refractivity contribution in [3.63, 3.8) is 0 Å². The van der Waals surface area contributed by atoms with Crippen molar-refractivity contribution in [1.82, 2.24) is 0 Å². The van der Waals surface area contributed by atoms with Crippen molar-refractivity contribution in [2.75, 3.05) is 7.11 Å². The topological polar surface area (TPSA) is 9.23 Å². The van der Waals surface area contributed by atoms with Crippen LogP contribution in [0.25, 0.3) is 0 Å². The van der Waals surface area contributed by atoms with Gasteiger partial charge in [0.05, 0.1) is 7.11 Å². The molecule has 0 aromatic carbocycles. The maximum absolute atomic E-state index is 4.81. The molecular weight excluding hydrogens is 136 g/mol. The number of hydrogen-bond acceptors (Lipinski definition) is 1. The van der Waals surface area contributed by atoms with Crippen LogP contribution in [0, 0.1) is 0 Å². The van der Waals surface area contributed by atoms with Gasteiger partial charge < -0.3 is 4.74 Å². The maximum atomic E-state index is 4.81. The van der Waals surface area contributed by atoms with Crippen LogP contribution in [0.15, 0.2) is 49.8 Å². The lowest BCUT2D eigenvalue weighted by atomic mass is 10.4. The van der Waals surface area contributed by atoms with Crippen LogP contribution in [0.5, 0.6) is 0 Å². The lowest BCUT2D eigenvalue weighted by Crippen LogP contribution is -1.77. The summed E-state index contributed by atoms with van der Waals surface area (Å²) in [5.74, 6) is 0.736. The van der Waals surface area contributed by atoms with Crippen LogP contribution in [0.3, 0.4) is 0 Å². The second-order valence-corrected chi connectivity index (χ2v) is 1.62. The standard InChI is InChI=1S/C7H10O.C3H6/c1-4-6-7(5-2)8-3;1-3-2/h4-6H,1-2H2,3H3;3H,1H2,2H3/b7-6+;. The van der Waals surface area contributed by atoms with Crippen LogP contribution < -0.4 is 0 Å². The average molecular weight is 152 g/mol. The van der Waals surface area contributed by atoms with Gasteiger partial charge in [0.25, 0.3) is 0 Å². The number of ether oxygens (including phenoxy) is 1. The summed E-state index contributed by atoms with van der Waals surface area (Å²) in [7, 11) is 1.59. The van der Waals surface area contributed by atoms with Gasteiger partial charge in [0, 0.05) is 0 Å². The Morgan fingerprint density at radius 3 is 1.82 bits per heavy atom. The molecule has 0 aromatic heterocycles. The summed E-state index contributed by atoms with van der Waals surface area (Å²) >= 11 is 0. The van der Waals surface area contributed by atoms with E-state index in [9.17, 15) is 0 Å². The van der Waals surface area contributed by atoms with Crippen molar-refractivity contribution in [2.45, 2.75) is 6.92 Å². The minimum atomic E-state index is 0.736. The minimum absolute atomic E-state index is 0.736. The summed E-state index contributed by atoms with van der Waals surface area (Å²) in [5.41, 5.74) is 0. The van der Waals surface area contributed by atoms with Crippen LogP contribution in [0.2, 0.25) is 0 Å². The molecule has 0 aromatic rings. The molecule has 1 nitrogen and oxygen atoms in total. The Balaban J connectivity index is 0. The largest absolute Gasteiger partial charge is 0.497 e. The summed E-state index contributed by atoms with van der Waals surface area (Å²) < 4.78 is 4.81. The van der Waals surface area contributed by atoms with Crippen LogP contribution in [-0.4, -0.2) is 7.11 Å². The molecule has 0 atom stereocenters. The predicted molar refractivity (Wildman–Crippen MR) is 51.4 cm³/mol. The van der Waals surface area contributed by atoms with Crippen molar-refractivity contribution < 1.29 is 4.74 Å². The van der Waals surface area contributed by atoms with Gasteiger partial charge in [-0.05, 0) is 19.1 Å². The summed E-state index contributed by atoms with van der Waals surface area (Å²) in [4.78, 5) is 0. The van der Waals surface area contributed by atoms with Gasteiger partial charge in [-0.2, -0.15) is 0 Å². The average Bonchev–Trinajstić information content (AvgIpc) is 2.02. The maximum Gasteiger partial charge on any atom is 0.118 e. The lowest BCUT2D eigenvalue weighted by molar-refractivity contribution is 0.307. The van der Waals surface area contributed by atoms with Gasteiger partial charge in [-0.25, -0.2) is 0 Å². The zero-order valence-electron chi connectivity index (χ0n) is 7.34. The molecule has 0 heterocycles. The monoisotopic (exact) mass is 152 g/mol. The van der Waals surface area contributed by atoms with E-state index in [2.05, 4.69) is 19.7 Å². The molecule has 11 heavy (non-hydrogen) atoms. The van der Waals surface area contributed by atoms with Crippen molar-refractivity contribution in [1.29, 1.82) is 0 Å². The molecule has 0 aliphatic rings. The van der Waals surface area contributed by atoms with Crippen molar-refractivity contribution in [3.8, 4) is 0 Å². The molecule has 0 amide bonds. The molecule has 0 N–H and O–H groups in total. The quantitative estimate of drug-likeness (QED) is 0.343. The van der Waals surface area contributed by atoms with E-state index in [4.69, 9.17) is 4.74 Å². The van der Waals surface area contributed by atoms with E-state index < -0.39 is 0 Å². The number of hydrogen-bond donors (Lipinski definition) is 0. The molecule has 0 radical (unpaired) electrons. The molecule has 0 unspecified atom stereocenters. The highest BCUT2D eigenvalue weighted by molar-refractivity contribution is 5.14. The van der Waals surface area contributed by atoms with Gasteiger partial charge in [0.2, 0.25) is 0 Å². The van der Waals surface area contributed by atoms with E-state index in [1.807, 2.05) is 6.92 Å². The molecular formula is C10H16O. The van der Waals surface area contributed by atoms with Crippen molar-refractivity contribution >= 4 is 0 Å². The summed E-state index contributed by atoms with van der Waals surface area (Å²) in [5, 5.41) is 0. The van der Waals surface area contributed by atoms with E-state index in [1.54, 1.807) is 31.4 Å². The second kappa shape index (κ2) is 11.5. The molecule has 0 spiro atoms. The summed E-state index contributed by atoms with van der Waals surface area (Å²) in [6.07, 6.45) is 6.77. The Kier molecular flexibility index (Phi) is 13.1. The van der Waals surface area contributed by atoms with Crippen LogP contribution in [0.4, 0.5) is 0 Å². The molecule has 0 aliphatic heterocycles. The summed E-state index contributed by atoms with van der Waals surface area (Å²) in [6.45, 7) is 12.3. The van der Waals surface area contributed by atoms with Gasteiger partial charge in [0.15, 0.2) is 0 Å². The first-order valence-corrected chi connectivity index (χ1v) is 3.33. The first-order valence-electron chi connectivity index (χ1n) is 3.33. The fourth-order valence-corrected chi connectivity index (χ4v) is 0.336. The van der Waals surface area contributed by atoms with E-state index >= 15 is 0 Å². The normalized spacial score (nSPS) is 8.73. The highest BCUT2D eigenvalue weighted by atomic mass is 16.5. The number of methoxy groups -OCH3 is 1. The number of allylic oxidation sites excluding steroid dienone is 4. The van der Waals surface area contributed by atoms with Gasteiger partial charge in [-0.1, -0.05) is 25.3 Å². The first kappa shape index (κ1) is 12.4. The third kappa shape index (κ3) is 12.1. The van der Waals surface area contributed by atoms with Crippen molar-refractivity contribution in [2.24, 2.45) is 0 Å². The predicted octanol–water partition coefficient (Wildman–Crippen LogP) is 3.08. The Bertz CT molecular complexity index is 143. The van der Waals surface area contributed by atoms with E-state index in [-0.39, 0.29) is 0 Å². The van der Waals surface area contributed by atoms with Gasteiger partial charge in [-0.15, -0.1) is 6.58 Å². The molecule has 0 rings (SSSR count). The summed E-state index contributed by atoms with van der Waals surface area (Å²) in [6, 6.07) is 0. The Morgan fingerprint density at radius 2 is 1.73 bits per heavy atom. The molecule has 0 bridgehead atoms. The molecule has 0 fully saturated rings. The Morgan fingerprint density at radius 1 is 1.27 bits per heavy atom. The number of rotatable bonds is 3. The lowest BCUT2D eigenvalue weighted by Gasteiger charge is -1.94. The zero-order chi connectivity index (χ0) is 9.11. The van der Waals surface area contributed by atoms with E-state index in [0.717, 1.165) is 5.76 Å². The van der Waals surface area contributed by atoms with E-state index in [1.165, 1.54) is 0 Å². The fraction of sp³-hybridized carbons (Fsp3) is 0.200. The van der Waals surface area contributed by atoms with Crippen molar-refractivity contribution in [3.05, 3.63) is 49.8 Å². The highest BCUT2D eigenvalue weighted by Gasteiger charge is 1.79. The first-order chi connectivity index (χ1) is 5.26. The molecule has 0 aliphatic carbocycles. The van der Waals surface area contributed by atoms with Crippen LogP contribution in [0.1, 0.15) is 6.92 Å². The molecule has 0 saturated carbocycles. The molecule has 62 valence electrons. The Hall–Kier alpha value is -1.24.